The van der Waals surface area contributed by atoms with Crippen molar-refractivity contribution in [2.45, 2.75) is 38.6 Å². The van der Waals surface area contributed by atoms with Gasteiger partial charge >= 0.3 is 0 Å². The first kappa shape index (κ1) is 15.0. The largest absolute Gasteiger partial charge is 0.454 e. The molecule has 1 aromatic heterocycles. The molecule has 1 aromatic carbocycles. The van der Waals surface area contributed by atoms with Crippen molar-refractivity contribution in [3.8, 4) is 11.5 Å². The number of benzene rings is 1. The van der Waals surface area contributed by atoms with Gasteiger partial charge in [0.2, 0.25) is 18.6 Å². The molecule has 2 aliphatic rings. The lowest BCUT2D eigenvalue weighted by atomic mass is 10.0. The minimum absolute atomic E-state index is 0.0763. The number of carbonyl (C=O) groups is 1. The summed E-state index contributed by atoms with van der Waals surface area (Å²) in [7, 11) is 0. The number of fused-ring (bicyclic) bond motifs is 1. The van der Waals surface area contributed by atoms with Crippen molar-refractivity contribution in [1.82, 2.24) is 15.5 Å². The van der Waals surface area contributed by atoms with Crippen LogP contribution in [-0.4, -0.2) is 28.9 Å². The van der Waals surface area contributed by atoms with E-state index in [-0.39, 0.29) is 18.7 Å². The molecule has 1 fully saturated rings. The number of nitrogens with zero attached hydrogens (tertiary/aromatic N) is 2. The molecular formula is C17H19N3O4. The third-order valence-electron chi connectivity index (χ3n) is 4.54. The highest BCUT2D eigenvalue weighted by Gasteiger charge is 2.28. The molecule has 2 atom stereocenters. The Morgan fingerprint density at radius 3 is 2.96 bits per heavy atom. The molecule has 2 heterocycles. The van der Waals surface area contributed by atoms with Crippen LogP contribution in [0.15, 0.2) is 22.6 Å². The number of aryl methyl sites for hydroxylation is 1. The van der Waals surface area contributed by atoms with E-state index in [1.807, 2.05) is 0 Å². The third kappa shape index (κ3) is 3.06. The van der Waals surface area contributed by atoms with E-state index >= 15 is 0 Å². The number of rotatable bonds is 4. The van der Waals surface area contributed by atoms with Crippen LogP contribution in [0.3, 0.4) is 0 Å². The molecule has 0 unspecified atom stereocenters. The van der Waals surface area contributed by atoms with E-state index in [0.29, 0.717) is 34.8 Å². The van der Waals surface area contributed by atoms with Crippen LogP contribution in [0.4, 0.5) is 0 Å². The second kappa shape index (κ2) is 6.14. The summed E-state index contributed by atoms with van der Waals surface area (Å²) in [5, 5.41) is 11.0. The van der Waals surface area contributed by atoms with E-state index in [1.165, 1.54) is 0 Å². The topological polar surface area (TPSA) is 86.5 Å². The average molecular weight is 329 g/mol. The van der Waals surface area contributed by atoms with Crippen LogP contribution in [-0.2, 0) is 6.42 Å². The maximum Gasteiger partial charge on any atom is 0.251 e. The van der Waals surface area contributed by atoms with Gasteiger partial charge in [0.05, 0.1) is 0 Å². The maximum absolute atomic E-state index is 12.4. The minimum Gasteiger partial charge on any atom is -0.454 e. The van der Waals surface area contributed by atoms with Gasteiger partial charge in [0.1, 0.15) is 0 Å². The molecule has 126 valence electrons. The molecule has 0 spiro atoms. The molecule has 1 saturated carbocycles. The van der Waals surface area contributed by atoms with Crippen molar-refractivity contribution in [3.05, 3.63) is 35.5 Å². The summed E-state index contributed by atoms with van der Waals surface area (Å²) in [6.07, 6.45) is 3.72. The monoisotopic (exact) mass is 329 g/mol. The molecule has 1 aliphatic heterocycles. The third-order valence-corrected chi connectivity index (χ3v) is 4.54. The highest BCUT2D eigenvalue weighted by Crippen LogP contribution is 2.33. The Labute approximate surface area is 139 Å². The van der Waals surface area contributed by atoms with Crippen LogP contribution in [0.5, 0.6) is 11.5 Å². The summed E-state index contributed by atoms with van der Waals surface area (Å²) in [5.41, 5.74) is 0.593. The molecule has 1 aliphatic carbocycles. The predicted molar refractivity (Wildman–Crippen MR) is 83.9 cm³/mol. The Morgan fingerprint density at radius 1 is 1.25 bits per heavy atom. The van der Waals surface area contributed by atoms with Gasteiger partial charge in [-0.15, -0.1) is 10.2 Å². The fraction of sp³-hybridized carbons (Fsp3) is 0.471. The lowest BCUT2D eigenvalue weighted by Crippen LogP contribution is -2.33. The first-order chi connectivity index (χ1) is 11.7. The standard InChI is InChI=1S/C17H19N3O4/c1-10-19-20-16(24-10)7-11-2-4-13(6-11)18-17(21)12-3-5-14-15(8-12)23-9-22-14/h3,5,8,11,13H,2,4,6-7,9H2,1H3,(H,18,21)/t11-,13+/m1/s1. The van der Waals surface area contributed by atoms with Crippen molar-refractivity contribution in [1.29, 1.82) is 0 Å². The van der Waals surface area contributed by atoms with Crippen LogP contribution in [0.25, 0.3) is 0 Å². The predicted octanol–water partition coefficient (Wildman–Crippen LogP) is 2.25. The Bertz CT molecular complexity index is 758. The second-order valence-corrected chi connectivity index (χ2v) is 6.34. The van der Waals surface area contributed by atoms with E-state index in [9.17, 15) is 4.79 Å². The maximum atomic E-state index is 12.4. The normalized spacial score (nSPS) is 21.9. The van der Waals surface area contributed by atoms with Gasteiger partial charge in [0.25, 0.3) is 5.91 Å². The summed E-state index contributed by atoms with van der Waals surface area (Å²) in [5.74, 6) is 2.97. The minimum atomic E-state index is -0.0763. The molecule has 2 aromatic rings. The Balaban J connectivity index is 1.33. The number of hydrogen-bond donors (Lipinski definition) is 1. The number of aromatic nitrogens is 2. The van der Waals surface area contributed by atoms with Crippen molar-refractivity contribution < 1.29 is 18.7 Å². The van der Waals surface area contributed by atoms with Gasteiger partial charge in [0.15, 0.2) is 11.5 Å². The Kier molecular flexibility index (Phi) is 3.84. The molecule has 7 heteroatoms. The quantitative estimate of drug-likeness (QED) is 0.926. The van der Waals surface area contributed by atoms with Gasteiger partial charge in [-0.05, 0) is 43.4 Å². The zero-order valence-corrected chi connectivity index (χ0v) is 13.4. The van der Waals surface area contributed by atoms with Crippen LogP contribution in [0, 0.1) is 12.8 Å². The smallest absolute Gasteiger partial charge is 0.251 e. The molecule has 1 amide bonds. The zero-order chi connectivity index (χ0) is 16.5. The van der Waals surface area contributed by atoms with Gasteiger partial charge in [0, 0.05) is 24.9 Å². The summed E-state index contributed by atoms with van der Waals surface area (Å²) in [4.78, 5) is 12.4. The van der Waals surface area contributed by atoms with Gasteiger partial charge < -0.3 is 19.2 Å². The van der Waals surface area contributed by atoms with Gasteiger partial charge in [-0.1, -0.05) is 0 Å². The Morgan fingerprint density at radius 2 is 2.12 bits per heavy atom. The SMILES string of the molecule is Cc1nnc(C[C@@H]2CC[C@H](NC(=O)c3ccc4c(c3)OCO4)C2)o1. The van der Waals surface area contributed by atoms with E-state index in [4.69, 9.17) is 13.9 Å². The molecule has 7 nitrogen and oxygen atoms in total. The lowest BCUT2D eigenvalue weighted by molar-refractivity contribution is 0.0936. The summed E-state index contributed by atoms with van der Waals surface area (Å²) in [6, 6.07) is 5.44. The number of nitrogens with one attached hydrogen (secondary N) is 1. The fourth-order valence-corrected chi connectivity index (χ4v) is 3.36. The van der Waals surface area contributed by atoms with Crippen LogP contribution >= 0.6 is 0 Å². The van der Waals surface area contributed by atoms with E-state index in [2.05, 4.69) is 15.5 Å². The molecule has 0 saturated heterocycles. The molecular weight excluding hydrogens is 310 g/mol. The van der Waals surface area contributed by atoms with Crippen LogP contribution in [0.1, 0.15) is 41.4 Å². The number of hydrogen-bond acceptors (Lipinski definition) is 6. The zero-order valence-electron chi connectivity index (χ0n) is 13.4. The molecule has 4 rings (SSSR count). The first-order valence-corrected chi connectivity index (χ1v) is 8.17. The second-order valence-electron chi connectivity index (χ2n) is 6.34. The number of amides is 1. The van der Waals surface area contributed by atoms with E-state index in [0.717, 1.165) is 25.7 Å². The van der Waals surface area contributed by atoms with Crippen molar-refractivity contribution in [3.63, 3.8) is 0 Å². The molecule has 1 N–H and O–H groups in total. The van der Waals surface area contributed by atoms with Gasteiger partial charge in [-0.2, -0.15) is 0 Å². The Hall–Kier alpha value is -2.57. The lowest BCUT2D eigenvalue weighted by Gasteiger charge is -2.13. The molecule has 0 bridgehead atoms. The van der Waals surface area contributed by atoms with Crippen molar-refractivity contribution in [2.24, 2.45) is 5.92 Å². The summed E-state index contributed by atoms with van der Waals surface area (Å²) in [6.45, 7) is 2.00. The van der Waals surface area contributed by atoms with Crippen LogP contribution < -0.4 is 14.8 Å². The van der Waals surface area contributed by atoms with Gasteiger partial charge in [-0.3, -0.25) is 4.79 Å². The summed E-state index contributed by atoms with van der Waals surface area (Å²) >= 11 is 0. The first-order valence-electron chi connectivity index (χ1n) is 8.17. The van der Waals surface area contributed by atoms with Crippen molar-refractivity contribution >= 4 is 5.91 Å². The fourth-order valence-electron chi connectivity index (χ4n) is 3.36. The van der Waals surface area contributed by atoms with Crippen LogP contribution in [0.2, 0.25) is 0 Å². The van der Waals surface area contributed by atoms with Crippen molar-refractivity contribution in [2.75, 3.05) is 6.79 Å². The highest BCUT2D eigenvalue weighted by atomic mass is 16.7. The van der Waals surface area contributed by atoms with Gasteiger partial charge in [-0.25, -0.2) is 0 Å². The molecule has 0 radical (unpaired) electrons. The summed E-state index contributed by atoms with van der Waals surface area (Å²) < 4.78 is 16.0. The highest BCUT2D eigenvalue weighted by molar-refractivity contribution is 5.95. The molecule has 24 heavy (non-hydrogen) atoms. The number of carbonyl (C=O) groups excluding carboxylic acids is 1. The average Bonchev–Trinajstić information content (AvgIpc) is 3.28. The number of ether oxygens (including phenoxy) is 2. The van der Waals surface area contributed by atoms with E-state index < -0.39 is 0 Å². The van der Waals surface area contributed by atoms with E-state index in [1.54, 1.807) is 25.1 Å².